The van der Waals surface area contributed by atoms with E-state index in [1.54, 1.807) is 42.7 Å². The number of H-pyrrole nitrogens is 1. The lowest BCUT2D eigenvalue weighted by Crippen LogP contribution is -1.79. The van der Waals surface area contributed by atoms with E-state index in [4.69, 9.17) is 24.6 Å². The molecule has 0 aliphatic heterocycles. The highest BCUT2D eigenvalue weighted by Gasteiger charge is 2.03. The summed E-state index contributed by atoms with van der Waals surface area (Å²) in [6.07, 6.45) is 4.39. The molecule has 0 radical (unpaired) electrons. The van der Waals surface area contributed by atoms with Crippen molar-refractivity contribution in [3.8, 4) is 22.9 Å². The average Bonchev–Trinajstić information content (AvgIpc) is 3.23. The first kappa shape index (κ1) is 27.9. The SMILES string of the molecule is CC(=O)O.N.O=CC=O.O=Cc1ccccc1O.Oc1ccccc1-c1ncc[nH]1. The standard InChI is InChI=1S/C9H8N2O.C7H6O2.C2H4O2.C2H2O2.H3N/c12-8-4-2-1-3-7(8)9-10-5-6-11-9;8-5-6-3-1-2-4-7(6)9;1-2(3)4;3-1-2-4;/h1-6,12H,(H,10,11);1-5,9H;1H3,(H,3,4);1-2H;1H3. The van der Waals surface area contributed by atoms with E-state index in [0.29, 0.717) is 17.7 Å². The van der Waals surface area contributed by atoms with Crippen molar-refractivity contribution < 1.29 is 34.5 Å². The number of aromatic amines is 1. The van der Waals surface area contributed by atoms with Crippen molar-refractivity contribution in [1.29, 1.82) is 0 Å². The van der Waals surface area contributed by atoms with Crippen LogP contribution in [0.15, 0.2) is 60.9 Å². The number of carbonyl (C=O) groups excluding carboxylic acids is 3. The second kappa shape index (κ2) is 16.8. The number of rotatable bonds is 3. The number of phenolic OH excluding ortho intramolecular Hbond substituents is 2. The number of carboxylic acids is 1. The van der Waals surface area contributed by atoms with Gasteiger partial charge < -0.3 is 26.5 Å². The predicted molar refractivity (Wildman–Crippen MR) is 110 cm³/mol. The van der Waals surface area contributed by atoms with Crippen LogP contribution in [-0.4, -0.2) is 50.1 Å². The molecule has 1 aromatic heterocycles. The topological polar surface area (TPSA) is 193 Å². The fraction of sp³-hybridized carbons (Fsp3) is 0.0500. The number of aliphatic carboxylic acids is 1. The number of aromatic hydroxyl groups is 2. The minimum absolute atomic E-state index is 0. The first-order valence-corrected chi connectivity index (χ1v) is 7.96. The monoisotopic (exact) mass is 417 g/mol. The molecule has 3 aromatic rings. The molecule has 1 heterocycles. The summed E-state index contributed by atoms with van der Waals surface area (Å²) in [5, 5.41) is 25.7. The number of nitrogens with one attached hydrogen (secondary N) is 1. The van der Waals surface area contributed by atoms with Gasteiger partial charge in [0.25, 0.3) is 5.97 Å². The number of para-hydroxylation sites is 2. The number of carbonyl (C=O) groups is 4. The summed E-state index contributed by atoms with van der Waals surface area (Å²) in [4.78, 5) is 43.6. The summed E-state index contributed by atoms with van der Waals surface area (Å²) in [5.41, 5.74) is 1.06. The zero-order valence-electron chi connectivity index (χ0n) is 16.1. The molecule has 0 bridgehead atoms. The van der Waals surface area contributed by atoms with Crippen molar-refractivity contribution in [2.75, 3.05) is 0 Å². The summed E-state index contributed by atoms with van der Waals surface area (Å²) in [7, 11) is 0. The molecule has 2 aromatic carbocycles. The highest BCUT2D eigenvalue weighted by atomic mass is 16.4. The number of hydrogen-bond donors (Lipinski definition) is 5. The second-order valence-electron chi connectivity index (χ2n) is 4.92. The van der Waals surface area contributed by atoms with Crippen LogP contribution in [0.4, 0.5) is 0 Å². The molecule has 0 aliphatic rings. The minimum Gasteiger partial charge on any atom is -0.507 e. The number of carboxylic acid groups (broad SMARTS) is 1. The van der Waals surface area contributed by atoms with E-state index in [1.807, 2.05) is 12.1 Å². The molecule has 0 saturated carbocycles. The molecule has 10 nitrogen and oxygen atoms in total. The van der Waals surface area contributed by atoms with Crippen LogP contribution in [0.5, 0.6) is 11.5 Å². The summed E-state index contributed by atoms with van der Waals surface area (Å²) >= 11 is 0. The predicted octanol–water partition coefficient (Wildman–Crippen LogP) is 2.62. The van der Waals surface area contributed by atoms with Crippen molar-refractivity contribution in [3.05, 3.63) is 66.5 Å². The minimum atomic E-state index is -0.833. The van der Waals surface area contributed by atoms with Crippen molar-refractivity contribution in [2.24, 2.45) is 0 Å². The third-order valence-corrected chi connectivity index (χ3v) is 2.78. The zero-order chi connectivity index (χ0) is 22.1. The van der Waals surface area contributed by atoms with Gasteiger partial charge in [0.1, 0.15) is 17.3 Å². The van der Waals surface area contributed by atoms with Gasteiger partial charge in [-0.1, -0.05) is 24.3 Å². The Labute approximate surface area is 172 Å². The molecule has 3 rings (SSSR count). The van der Waals surface area contributed by atoms with Crippen molar-refractivity contribution in [2.45, 2.75) is 6.92 Å². The molecule has 0 fully saturated rings. The molecular weight excluding hydrogens is 394 g/mol. The molecule has 160 valence electrons. The summed E-state index contributed by atoms with van der Waals surface area (Å²) in [5.74, 6) is 0.132. The number of hydrogen-bond acceptors (Lipinski definition) is 8. The Hall–Kier alpha value is -4.31. The lowest BCUT2D eigenvalue weighted by Gasteiger charge is -1.98. The van der Waals surface area contributed by atoms with Crippen molar-refractivity contribution in [3.63, 3.8) is 0 Å². The van der Waals surface area contributed by atoms with Crippen LogP contribution < -0.4 is 6.15 Å². The molecule has 0 aliphatic carbocycles. The third-order valence-electron chi connectivity index (χ3n) is 2.78. The first-order chi connectivity index (χ1) is 13.9. The number of imidazole rings is 1. The molecule has 0 unspecified atom stereocenters. The van der Waals surface area contributed by atoms with E-state index in [-0.39, 0.29) is 30.2 Å². The third kappa shape index (κ3) is 12.1. The molecule has 0 atom stereocenters. The van der Waals surface area contributed by atoms with Crippen LogP contribution in [0.3, 0.4) is 0 Å². The van der Waals surface area contributed by atoms with Crippen LogP contribution in [0.1, 0.15) is 17.3 Å². The van der Waals surface area contributed by atoms with E-state index in [9.17, 15) is 9.90 Å². The Morgan fingerprint density at radius 2 is 1.43 bits per heavy atom. The van der Waals surface area contributed by atoms with Gasteiger partial charge in [0.15, 0.2) is 18.9 Å². The summed E-state index contributed by atoms with van der Waals surface area (Å²) in [6.45, 7) is 1.08. The fourth-order valence-corrected chi connectivity index (χ4v) is 1.67. The van der Waals surface area contributed by atoms with Gasteiger partial charge in [-0.3, -0.25) is 19.2 Å². The quantitative estimate of drug-likeness (QED) is 0.314. The average molecular weight is 417 g/mol. The lowest BCUT2D eigenvalue weighted by molar-refractivity contribution is -0.134. The van der Waals surface area contributed by atoms with E-state index >= 15 is 0 Å². The van der Waals surface area contributed by atoms with Gasteiger partial charge in [-0.15, -0.1) is 0 Å². The largest absolute Gasteiger partial charge is 0.507 e. The second-order valence-corrected chi connectivity index (χ2v) is 4.92. The fourth-order valence-electron chi connectivity index (χ4n) is 1.67. The van der Waals surface area contributed by atoms with Gasteiger partial charge >= 0.3 is 0 Å². The maximum absolute atomic E-state index is 10.1. The highest BCUT2D eigenvalue weighted by Crippen LogP contribution is 2.24. The Bertz CT molecular complexity index is 887. The van der Waals surface area contributed by atoms with Crippen LogP contribution in [-0.2, 0) is 14.4 Å². The smallest absolute Gasteiger partial charge is 0.300 e. The Balaban J connectivity index is 0. The molecule has 0 saturated heterocycles. The van der Waals surface area contributed by atoms with Crippen molar-refractivity contribution in [1.82, 2.24) is 16.1 Å². The van der Waals surface area contributed by atoms with Gasteiger partial charge in [-0.25, -0.2) is 4.98 Å². The Kier molecular flexibility index (Phi) is 15.7. The van der Waals surface area contributed by atoms with E-state index in [0.717, 1.165) is 12.5 Å². The number of phenols is 2. The number of benzene rings is 2. The number of aldehydes is 3. The van der Waals surface area contributed by atoms with E-state index < -0.39 is 5.97 Å². The van der Waals surface area contributed by atoms with Crippen LogP contribution in [0.25, 0.3) is 11.4 Å². The van der Waals surface area contributed by atoms with Gasteiger partial charge in [-0.2, -0.15) is 0 Å². The zero-order valence-corrected chi connectivity index (χ0v) is 16.1. The van der Waals surface area contributed by atoms with Crippen LogP contribution in [0, 0.1) is 0 Å². The van der Waals surface area contributed by atoms with Gasteiger partial charge in [-0.05, 0) is 24.3 Å². The van der Waals surface area contributed by atoms with Gasteiger partial charge in [0, 0.05) is 19.3 Å². The normalized spacial score (nSPS) is 8.17. The molecule has 30 heavy (non-hydrogen) atoms. The maximum atomic E-state index is 10.1. The lowest BCUT2D eigenvalue weighted by atomic mass is 10.2. The van der Waals surface area contributed by atoms with E-state index in [1.165, 1.54) is 6.07 Å². The van der Waals surface area contributed by atoms with Crippen LogP contribution in [0.2, 0.25) is 0 Å². The van der Waals surface area contributed by atoms with Gasteiger partial charge in [0.05, 0.1) is 11.1 Å². The molecular formula is C20H23N3O7. The molecule has 0 spiro atoms. The van der Waals surface area contributed by atoms with Gasteiger partial charge in [0.2, 0.25) is 0 Å². The first-order valence-electron chi connectivity index (χ1n) is 7.96. The summed E-state index contributed by atoms with van der Waals surface area (Å²) < 4.78 is 0. The molecule has 7 N–H and O–H groups in total. The van der Waals surface area contributed by atoms with Crippen LogP contribution >= 0.6 is 0 Å². The Morgan fingerprint density at radius 1 is 0.933 bits per heavy atom. The highest BCUT2D eigenvalue weighted by molar-refractivity contribution is 6.09. The number of nitrogens with zero attached hydrogens (tertiary/aromatic N) is 1. The summed E-state index contributed by atoms with van der Waals surface area (Å²) in [6, 6.07) is 13.5. The van der Waals surface area contributed by atoms with E-state index in [2.05, 4.69) is 9.97 Å². The maximum Gasteiger partial charge on any atom is 0.300 e. The molecule has 10 heteroatoms. The Morgan fingerprint density at radius 3 is 1.80 bits per heavy atom. The van der Waals surface area contributed by atoms with Crippen molar-refractivity contribution >= 4 is 24.8 Å². The number of aromatic nitrogens is 2. The molecule has 0 amide bonds.